The van der Waals surface area contributed by atoms with Crippen molar-refractivity contribution in [1.29, 1.82) is 0 Å². The molecular formula is C14H21FN2O. The molecule has 0 radical (unpaired) electrons. The third kappa shape index (κ3) is 3.81. The lowest BCUT2D eigenvalue weighted by molar-refractivity contribution is 0.101. The molecule has 0 atom stereocenters. The summed E-state index contributed by atoms with van der Waals surface area (Å²) in [7, 11) is 5.92. The van der Waals surface area contributed by atoms with E-state index in [1.54, 1.807) is 12.1 Å². The third-order valence-electron chi connectivity index (χ3n) is 2.85. The number of hydrogen-bond acceptors (Lipinski definition) is 3. The predicted molar refractivity (Wildman–Crippen MR) is 72.8 cm³/mol. The maximum Gasteiger partial charge on any atom is 0.164 e. The minimum absolute atomic E-state index is 0.185. The van der Waals surface area contributed by atoms with Crippen molar-refractivity contribution in [2.45, 2.75) is 13.3 Å². The number of benzene rings is 1. The quantitative estimate of drug-likeness (QED) is 0.726. The minimum Gasteiger partial charge on any atom is -0.374 e. The summed E-state index contributed by atoms with van der Waals surface area (Å²) < 4.78 is 13.7. The first-order valence-electron chi connectivity index (χ1n) is 6.08. The van der Waals surface area contributed by atoms with Crippen LogP contribution in [-0.2, 0) is 0 Å². The van der Waals surface area contributed by atoms with Gasteiger partial charge in [-0.25, -0.2) is 4.39 Å². The number of carbonyl (C=O) groups excluding carboxylic acids is 1. The van der Waals surface area contributed by atoms with E-state index in [0.717, 1.165) is 19.5 Å². The van der Waals surface area contributed by atoms with Crippen LogP contribution in [0.4, 0.5) is 10.1 Å². The molecule has 0 bridgehead atoms. The van der Waals surface area contributed by atoms with Gasteiger partial charge < -0.3 is 9.80 Å². The van der Waals surface area contributed by atoms with Gasteiger partial charge in [-0.3, -0.25) is 4.79 Å². The van der Waals surface area contributed by atoms with Crippen LogP contribution in [0.25, 0.3) is 0 Å². The molecule has 0 fully saturated rings. The zero-order chi connectivity index (χ0) is 13.7. The Balaban J connectivity index is 2.82. The van der Waals surface area contributed by atoms with Gasteiger partial charge in [-0.05, 0) is 46.1 Å². The van der Waals surface area contributed by atoms with Gasteiger partial charge in [0.15, 0.2) is 5.78 Å². The van der Waals surface area contributed by atoms with Gasteiger partial charge in [-0.1, -0.05) is 6.07 Å². The summed E-state index contributed by atoms with van der Waals surface area (Å²) in [4.78, 5) is 15.5. The van der Waals surface area contributed by atoms with E-state index in [1.807, 2.05) is 26.0 Å². The van der Waals surface area contributed by atoms with Crippen LogP contribution < -0.4 is 4.90 Å². The molecule has 0 aromatic heterocycles. The number of rotatable bonds is 6. The molecule has 0 saturated heterocycles. The monoisotopic (exact) mass is 252 g/mol. The number of halogens is 1. The molecule has 3 nitrogen and oxygen atoms in total. The molecule has 0 saturated carbocycles. The fraction of sp³-hybridized carbons (Fsp3) is 0.500. The van der Waals surface area contributed by atoms with Gasteiger partial charge in [0.1, 0.15) is 5.82 Å². The SMILES string of the molecule is CC(=O)c1c(F)cccc1N(C)CCCN(C)C. The number of nitrogens with zero attached hydrogens (tertiary/aromatic N) is 2. The number of carbonyl (C=O) groups is 1. The summed E-state index contributed by atoms with van der Waals surface area (Å²) in [5.41, 5.74) is 0.853. The fourth-order valence-corrected chi connectivity index (χ4v) is 1.92. The van der Waals surface area contributed by atoms with Gasteiger partial charge in [-0.15, -0.1) is 0 Å². The van der Waals surface area contributed by atoms with Gasteiger partial charge in [0.05, 0.1) is 11.3 Å². The Hall–Kier alpha value is -1.42. The van der Waals surface area contributed by atoms with Gasteiger partial charge in [0, 0.05) is 13.6 Å². The van der Waals surface area contributed by atoms with Crippen molar-refractivity contribution in [3.8, 4) is 0 Å². The largest absolute Gasteiger partial charge is 0.374 e. The summed E-state index contributed by atoms with van der Waals surface area (Å²) >= 11 is 0. The molecule has 1 rings (SSSR count). The maximum atomic E-state index is 13.7. The Bertz CT molecular complexity index is 418. The highest BCUT2D eigenvalue weighted by Gasteiger charge is 2.15. The van der Waals surface area contributed by atoms with E-state index in [-0.39, 0.29) is 11.3 Å². The van der Waals surface area contributed by atoms with Crippen LogP contribution in [0, 0.1) is 5.82 Å². The van der Waals surface area contributed by atoms with E-state index in [9.17, 15) is 9.18 Å². The molecule has 0 N–H and O–H groups in total. The van der Waals surface area contributed by atoms with Gasteiger partial charge in [-0.2, -0.15) is 0 Å². The Morgan fingerprint density at radius 1 is 1.22 bits per heavy atom. The van der Waals surface area contributed by atoms with Crippen molar-refractivity contribution in [1.82, 2.24) is 4.90 Å². The number of Topliss-reactive ketones (excluding diaryl/α,β-unsaturated/α-hetero) is 1. The van der Waals surface area contributed by atoms with Crippen LogP contribution in [0.3, 0.4) is 0 Å². The lowest BCUT2D eigenvalue weighted by atomic mass is 10.1. The second kappa shape index (κ2) is 6.50. The van der Waals surface area contributed by atoms with E-state index in [0.29, 0.717) is 5.69 Å². The molecule has 18 heavy (non-hydrogen) atoms. The van der Waals surface area contributed by atoms with E-state index in [2.05, 4.69) is 4.90 Å². The van der Waals surface area contributed by atoms with Crippen molar-refractivity contribution in [3.63, 3.8) is 0 Å². The zero-order valence-corrected chi connectivity index (χ0v) is 11.5. The summed E-state index contributed by atoms with van der Waals surface area (Å²) in [5.74, 6) is -0.679. The molecule has 0 aliphatic heterocycles. The Kier molecular flexibility index (Phi) is 5.28. The zero-order valence-electron chi connectivity index (χ0n) is 11.5. The maximum absolute atomic E-state index is 13.7. The number of hydrogen-bond donors (Lipinski definition) is 0. The number of ketones is 1. The molecular weight excluding hydrogens is 231 g/mol. The topological polar surface area (TPSA) is 23.6 Å². The Morgan fingerprint density at radius 2 is 1.89 bits per heavy atom. The van der Waals surface area contributed by atoms with Crippen molar-refractivity contribution in [2.75, 3.05) is 39.1 Å². The molecule has 1 aromatic rings. The third-order valence-corrected chi connectivity index (χ3v) is 2.85. The average molecular weight is 252 g/mol. The summed E-state index contributed by atoms with van der Waals surface area (Å²) in [5, 5.41) is 0. The first-order chi connectivity index (χ1) is 8.43. The van der Waals surface area contributed by atoms with Crippen molar-refractivity contribution in [3.05, 3.63) is 29.6 Å². The minimum atomic E-state index is -0.445. The van der Waals surface area contributed by atoms with Crippen molar-refractivity contribution >= 4 is 11.5 Å². The molecule has 0 aliphatic rings. The van der Waals surface area contributed by atoms with Crippen LogP contribution in [0.5, 0.6) is 0 Å². The first kappa shape index (κ1) is 14.6. The molecule has 1 aromatic carbocycles. The fourth-order valence-electron chi connectivity index (χ4n) is 1.92. The van der Waals surface area contributed by atoms with Gasteiger partial charge >= 0.3 is 0 Å². The molecule has 0 unspecified atom stereocenters. The molecule has 0 amide bonds. The van der Waals surface area contributed by atoms with Gasteiger partial charge in [0.2, 0.25) is 0 Å². The van der Waals surface area contributed by atoms with E-state index in [1.165, 1.54) is 13.0 Å². The van der Waals surface area contributed by atoms with E-state index >= 15 is 0 Å². The molecule has 0 heterocycles. The Morgan fingerprint density at radius 3 is 2.44 bits per heavy atom. The first-order valence-corrected chi connectivity index (χ1v) is 6.08. The summed E-state index contributed by atoms with van der Waals surface area (Å²) in [6.45, 7) is 3.16. The lowest BCUT2D eigenvalue weighted by Gasteiger charge is -2.22. The highest BCUT2D eigenvalue weighted by molar-refractivity contribution is 5.99. The second-order valence-corrected chi connectivity index (χ2v) is 4.77. The molecule has 0 spiro atoms. The lowest BCUT2D eigenvalue weighted by Crippen LogP contribution is -2.25. The predicted octanol–water partition coefficient (Wildman–Crippen LogP) is 2.42. The number of anilines is 1. The van der Waals surface area contributed by atoms with Crippen molar-refractivity contribution in [2.24, 2.45) is 0 Å². The van der Waals surface area contributed by atoms with E-state index in [4.69, 9.17) is 0 Å². The van der Waals surface area contributed by atoms with Crippen LogP contribution >= 0.6 is 0 Å². The van der Waals surface area contributed by atoms with Crippen molar-refractivity contribution < 1.29 is 9.18 Å². The smallest absolute Gasteiger partial charge is 0.164 e. The average Bonchev–Trinajstić information content (AvgIpc) is 2.27. The second-order valence-electron chi connectivity index (χ2n) is 4.77. The highest BCUT2D eigenvalue weighted by atomic mass is 19.1. The van der Waals surface area contributed by atoms with Gasteiger partial charge in [0.25, 0.3) is 0 Å². The highest BCUT2D eigenvalue weighted by Crippen LogP contribution is 2.22. The standard InChI is InChI=1S/C14H21FN2O/c1-11(18)14-12(15)7-5-8-13(14)17(4)10-6-9-16(2)3/h5,7-8H,6,9-10H2,1-4H3. The molecule has 0 aliphatic carbocycles. The molecule has 4 heteroatoms. The van der Waals surface area contributed by atoms with Crippen LogP contribution in [0.1, 0.15) is 23.7 Å². The van der Waals surface area contributed by atoms with Crippen LogP contribution in [0.15, 0.2) is 18.2 Å². The normalized spacial score (nSPS) is 10.8. The Labute approximate surface area is 108 Å². The van der Waals surface area contributed by atoms with E-state index < -0.39 is 5.82 Å². The summed E-state index contributed by atoms with van der Waals surface area (Å²) in [6, 6.07) is 4.75. The van der Waals surface area contributed by atoms with Crippen LogP contribution in [-0.4, -0.2) is 44.9 Å². The molecule has 100 valence electrons. The van der Waals surface area contributed by atoms with Crippen LogP contribution in [0.2, 0.25) is 0 Å². The summed E-state index contributed by atoms with van der Waals surface area (Å²) in [6.07, 6.45) is 0.970.